The van der Waals surface area contributed by atoms with E-state index in [-0.39, 0.29) is 35.2 Å². The van der Waals surface area contributed by atoms with Gasteiger partial charge in [0.15, 0.2) is 5.76 Å². The number of hydrogen-bond donors (Lipinski definition) is 1. The highest BCUT2D eigenvalue weighted by molar-refractivity contribution is 5.91. The number of fused-ring (bicyclic) bond motifs is 1. The van der Waals surface area contributed by atoms with Crippen LogP contribution in [0.5, 0.6) is 0 Å². The maximum Gasteiger partial charge on any atom is 0.289 e. The topological polar surface area (TPSA) is 79.2 Å². The highest BCUT2D eigenvalue weighted by atomic mass is 19.1. The SMILES string of the molecule is O=C(c1ccco1)N1CCc2nc(-c3ccccc3F)[nH]c(=O)c2C1. The van der Waals surface area contributed by atoms with Crippen LogP contribution in [0.2, 0.25) is 0 Å². The van der Waals surface area contributed by atoms with Crippen LogP contribution in [-0.4, -0.2) is 27.3 Å². The molecule has 0 aliphatic carbocycles. The molecule has 25 heavy (non-hydrogen) atoms. The van der Waals surface area contributed by atoms with Crippen molar-refractivity contribution in [1.82, 2.24) is 14.9 Å². The minimum absolute atomic E-state index is 0.148. The molecule has 0 fully saturated rings. The van der Waals surface area contributed by atoms with E-state index >= 15 is 0 Å². The number of rotatable bonds is 2. The van der Waals surface area contributed by atoms with Crippen LogP contribution in [0.25, 0.3) is 11.4 Å². The summed E-state index contributed by atoms with van der Waals surface area (Å²) in [7, 11) is 0. The summed E-state index contributed by atoms with van der Waals surface area (Å²) in [6.45, 7) is 0.564. The molecule has 1 aliphatic heterocycles. The Balaban J connectivity index is 1.67. The third-order valence-electron chi connectivity index (χ3n) is 4.22. The number of halogens is 1. The second kappa shape index (κ2) is 6.01. The molecule has 1 aliphatic rings. The molecule has 1 aromatic carbocycles. The maximum atomic E-state index is 13.9. The van der Waals surface area contributed by atoms with Gasteiger partial charge in [0.1, 0.15) is 11.6 Å². The van der Waals surface area contributed by atoms with Gasteiger partial charge in [-0.1, -0.05) is 12.1 Å². The van der Waals surface area contributed by atoms with Crippen molar-refractivity contribution in [3.05, 3.63) is 75.9 Å². The third-order valence-corrected chi connectivity index (χ3v) is 4.22. The summed E-state index contributed by atoms with van der Waals surface area (Å²) in [6, 6.07) is 9.37. The number of nitrogens with one attached hydrogen (secondary N) is 1. The van der Waals surface area contributed by atoms with Crippen LogP contribution < -0.4 is 5.56 Å². The molecule has 0 saturated carbocycles. The van der Waals surface area contributed by atoms with E-state index in [0.717, 1.165) is 0 Å². The average Bonchev–Trinajstić information content (AvgIpc) is 3.16. The van der Waals surface area contributed by atoms with Gasteiger partial charge >= 0.3 is 0 Å². The number of nitrogens with zero attached hydrogens (tertiary/aromatic N) is 2. The molecule has 0 unspecified atom stereocenters. The first-order valence-corrected chi connectivity index (χ1v) is 7.83. The monoisotopic (exact) mass is 339 g/mol. The van der Waals surface area contributed by atoms with E-state index in [1.54, 1.807) is 35.2 Å². The summed E-state index contributed by atoms with van der Waals surface area (Å²) in [4.78, 5) is 33.4. The molecule has 0 bridgehead atoms. The molecule has 3 heterocycles. The molecule has 0 radical (unpaired) electrons. The fourth-order valence-corrected chi connectivity index (χ4v) is 2.94. The summed E-state index contributed by atoms with van der Waals surface area (Å²) >= 11 is 0. The van der Waals surface area contributed by atoms with Crippen molar-refractivity contribution >= 4 is 5.91 Å². The second-order valence-electron chi connectivity index (χ2n) is 5.77. The molecule has 6 nitrogen and oxygen atoms in total. The minimum Gasteiger partial charge on any atom is -0.459 e. The van der Waals surface area contributed by atoms with E-state index in [1.807, 2.05) is 0 Å². The Morgan fingerprint density at radius 2 is 2.08 bits per heavy atom. The van der Waals surface area contributed by atoms with Crippen molar-refractivity contribution in [2.24, 2.45) is 0 Å². The highest BCUT2D eigenvalue weighted by Crippen LogP contribution is 2.21. The smallest absolute Gasteiger partial charge is 0.289 e. The van der Waals surface area contributed by atoms with Gasteiger partial charge in [0, 0.05) is 13.0 Å². The van der Waals surface area contributed by atoms with E-state index in [4.69, 9.17) is 4.42 Å². The Hall–Kier alpha value is -3.22. The van der Waals surface area contributed by atoms with Gasteiger partial charge in [0.05, 0.1) is 29.6 Å². The number of furan rings is 1. The number of hydrogen-bond acceptors (Lipinski definition) is 4. The Morgan fingerprint density at radius 1 is 1.24 bits per heavy atom. The number of aromatic nitrogens is 2. The Morgan fingerprint density at radius 3 is 2.84 bits per heavy atom. The van der Waals surface area contributed by atoms with Gasteiger partial charge in [-0.3, -0.25) is 9.59 Å². The van der Waals surface area contributed by atoms with E-state index in [0.29, 0.717) is 24.2 Å². The fourth-order valence-electron chi connectivity index (χ4n) is 2.94. The summed E-state index contributed by atoms with van der Waals surface area (Å²) in [5.74, 6) is -0.285. The van der Waals surface area contributed by atoms with Crippen molar-refractivity contribution in [3.63, 3.8) is 0 Å². The maximum absolute atomic E-state index is 13.9. The first-order valence-electron chi connectivity index (χ1n) is 7.83. The van der Waals surface area contributed by atoms with Crippen molar-refractivity contribution in [3.8, 4) is 11.4 Å². The molecule has 3 aromatic rings. The number of aromatic amines is 1. The number of benzene rings is 1. The van der Waals surface area contributed by atoms with Gasteiger partial charge < -0.3 is 14.3 Å². The zero-order valence-electron chi connectivity index (χ0n) is 13.2. The van der Waals surface area contributed by atoms with Crippen molar-refractivity contribution in [2.45, 2.75) is 13.0 Å². The molecule has 0 atom stereocenters. The molecule has 0 saturated heterocycles. The molecule has 126 valence electrons. The molecular formula is C18H14FN3O3. The van der Waals surface area contributed by atoms with E-state index in [1.165, 1.54) is 12.3 Å². The molecule has 1 N–H and O–H groups in total. The van der Waals surface area contributed by atoms with Crippen molar-refractivity contribution in [1.29, 1.82) is 0 Å². The molecule has 1 amide bonds. The Kier molecular flexibility index (Phi) is 3.68. The summed E-state index contributed by atoms with van der Waals surface area (Å²) in [5, 5.41) is 0. The largest absolute Gasteiger partial charge is 0.459 e. The summed E-state index contributed by atoms with van der Waals surface area (Å²) in [5.41, 5.74) is 0.897. The Labute approximate surface area is 141 Å². The van der Waals surface area contributed by atoms with Gasteiger partial charge in [0.2, 0.25) is 0 Å². The van der Waals surface area contributed by atoms with Crippen LogP contribution in [0.4, 0.5) is 4.39 Å². The lowest BCUT2D eigenvalue weighted by atomic mass is 10.1. The van der Waals surface area contributed by atoms with Gasteiger partial charge in [-0.05, 0) is 24.3 Å². The van der Waals surface area contributed by atoms with E-state index < -0.39 is 5.82 Å². The number of H-pyrrole nitrogens is 1. The van der Waals surface area contributed by atoms with E-state index in [2.05, 4.69) is 9.97 Å². The lowest BCUT2D eigenvalue weighted by Gasteiger charge is -2.27. The van der Waals surface area contributed by atoms with E-state index in [9.17, 15) is 14.0 Å². The zero-order valence-corrected chi connectivity index (χ0v) is 13.2. The second-order valence-corrected chi connectivity index (χ2v) is 5.77. The van der Waals surface area contributed by atoms with Crippen LogP contribution in [0.3, 0.4) is 0 Å². The molecule has 4 rings (SSSR count). The molecule has 2 aromatic heterocycles. The molecule has 7 heteroatoms. The van der Waals surface area contributed by atoms with Gasteiger partial charge in [-0.2, -0.15) is 0 Å². The number of amides is 1. The zero-order chi connectivity index (χ0) is 17.4. The number of carbonyl (C=O) groups excluding carboxylic acids is 1. The molecular weight excluding hydrogens is 325 g/mol. The summed E-state index contributed by atoms with van der Waals surface area (Å²) in [6.07, 6.45) is 1.85. The highest BCUT2D eigenvalue weighted by Gasteiger charge is 2.26. The first kappa shape index (κ1) is 15.3. The summed E-state index contributed by atoms with van der Waals surface area (Å²) < 4.78 is 19.1. The Bertz CT molecular complexity index is 995. The lowest BCUT2D eigenvalue weighted by Crippen LogP contribution is -2.39. The first-order chi connectivity index (χ1) is 12.1. The van der Waals surface area contributed by atoms with Gasteiger partial charge in [-0.15, -0.1) is 0 Å². The predicted molar refractivity (Wildman–Crippen MR) is 87.4 cm³/mol. The third kappa shape index (κ3) is 2.73. The molecule has 0 spiro atoms. The average molecular weight is 339 g/mol. The quantitative estimate of drug-likeness (QED) is 0.777. The van der Waals surface area contributed by atoms with Gasteiger partial charge in [-0.25, -0.2) is 9.37 Å². The van der Waals surface area contributed by atoms with Crippen molar-refractivity contribution < 1.29 is 13.6 Å². The number of carbonyl (C=O) groups is 1. The standard InChI is InChI=1S/C18H14FN3O3/c19-13-5-2-1-4-11(13)16-20-14-7-8-22(10-12(14)17(23)21-16)18(24)15-6-3-9-25-15/h1-6,9H,7-8,10H2,(H,20,21,23). The van der Waals surface area contributed by atoms with Crippen LogP contribution in [0, 0.1) is 5.82 Å². The van der Waals surface area contributed by atoms with Gasteiger partial charge in [0.25, 0.3) is 11.5 Å². The fraction of sp³-hybridized carbons (Fsp3) is 0.167. The predicted octanol–water partition coefficient (Wildman–Crippen LogP) is 2.37. The van der Waals surface area contributed by atoms with Crippen molar-refractivity contribution in [2.75, 3.05) is 6.54 Å². The lowest BCUT2D eigenvalue weighted by molar-refractivity contribution is 0.0700. The van der Waals surface area contributed by atoms with Crippen LogP contribution in [-0.2, 0) is 13.0 Å². The van der Waals surface area contributed by atoms with Crippen LogP contribution in [0.1, 0.15) is 21.8 Å². The normalized spacial score (nSPS) is 13.6. The minimum atomic E-state index is -0.448. The van der Waals surface area contributed by atoms with Crippen LogP contribution >= 0.6 is 0 Å². The van der Waals surface area contributed by atoms with Crippen LogP contribution in [0.15, 0.2) is 51.9 Å².